The van der Waals surface area contributed by atoms with E-state index in [9.17, 15) is 8.42 Å². The van der Waals surface area contributed by atoms with Gasteiger partial charge in [-0.3, -0.25) is 0 Å². The first-order chi connectivity index (χ1) is 9.79. The van der Waals surface area contributed by atoms with Gasteiger partial charge in [-0.2, -0.15) is 0 Å². The number of nitrogen functional groups attached to an aromatic ring is 1. The lowest BCUT2D eigenvalue weighted by atomic mass is 10.2. The van der Waals surface area contributed by atoms with Crippen molar-refractivity contribution < 1.29 is 8.42 Å². The maximum absolute atomic E-state index is 12.3. The van der Waals surface area contributed by atoms with E-state index in [1.807, 2.05) is 0 Å². The van der Waals surface area contributed by atoms with E-state index < -0.39 is 10.0 Å². The third-order valence-electron chi connectivity index (χ3n) is 2.92. The molecule has 0 unspecified atom stereocenters. The van der Waals surface area contributed by atoms with Crippen LogP contribution in [0.15, 0.2) is 41.3 Å². The number of benzene rings is 2. The summed E-state index contributed by atoms with van der Waals surface area (Å²) in [5, 5.41) is 0.919. The van der Waals surface area contributed by atoms with Crippen LogP contribution in [-0.4, -0.2) is 8.42 Å². The summed E-state index contributed by atoms with van der Waals surface area (Å²) in [6.07, 6.45) is 0. The summed E-state index contributed by atoms with van der Waals surface area (Å²) in [5.41, 5.74) is 7.32. The molecular formula is C14H14Cl2N2O2S. The van der Waals surface area contributed by atoms with E-state index >= 15 is 0 Å². The quantitative estimate of drug-likeness (QED) is 0.835. The molecule has 0 radical (unpaired) electrons. The van der Waals surface area contributed by atoms with Crippen molar-refractivity contribution in [1.82, 2.24) is 4.72 Å². The van der Waals surface area contributed by atoms with Crippen LogP contribution < -0.4 is 10.5 Å². The highest BCUT2D eigenvalue weighted by Crippen LogP contribution is 2.26. The SMILES string of the molecule is Cc1cc(S(=O)(=O)NCc2cccc(Cl)c2)cc(N)c1Cl. The van der Waals surface area contributed by atoms with Gasteiger partial charge < -0.3 is 5.73 Å². The highest BCUT2D eigenvalue weighted by molar-refractivity contribution is 7.89. The molecule has 0 aromatic heterocycles. The topological polar surface area (TPSA) is 72.2 Å². The molecule has 0 saturated carbocycles. The second kappa shape index (κ2) is 6.23. The van der Waals surface area contributed by atoms with E-state index in [-0.39, 0.29) is 17.1 Å². The zero-order valence-corrected chi connectivity index (χ0v) is 13.6. The van der Waals surface area contributed by atoms with E-state index in [1.165, 1.54) is 12.1 Å². The molecule has 0 aliphatic heterocycles. The minimum absolute atomic E-state index is 0.0870. The van der Waals surface area contributed by atoms with E-state index in [1.54, 1.807) is 31.2 Å². The predicted octanol–water partition coefficient (Wildman–Crippen LogP) is 3.36. The molecule has 0 aliphatic rings. The van der Waals surface area contributed by atoms with Crippen molar-refractivity contribution in [1.29, 1.82) is 0 Å². The van der Waals surface area contributed by atoms with Crippen LogP contribution in [0.4, 0.5) is 5.69 Å². The zero-order chi connectivity index (χ0) is 15.6. The Bertz CT molecular complexity index is 753. The fourth-order valence-corrected chi connectivity index (χ4v) is 3.29. The number of nitrogens with two attached hydrogens (primary N) is 1. The van der Waals surface area contributed by atoms with Crippen molar-refractivity contribution in [3.05, 3.63) is 57.6 Å². The Morgan fingerprint density at radius 3 is 2.52 bits per heavy atom. The number of sulfonamides is 1. The Labute approximate surface area is 133 Å². The molecule has 2 aromatic rings. The van der Waals surface area contributed by atoms with Crippen LogP contribution in [-0.2, 0) is 16.6 Å². The molecule has 0 heterocycles. The minimum Gasteiger partial charge on any atom is -0.397 e. The van der Waals surface area contributed by atoms with Gasteiger partial charge in [-0.1, -0.05) is 35.3 Å². The average molecular weight is 345 g/mol. The summed E-state index contributed by atoms with van der Waals surface area (Å²) < 4.78 is 27.0. The number of aryl methyl sites for hydroxylation is 1. The zero-order valence-electron chi connectivity index (χ0n) is 11.2. The van der Waals surface area contributed by atoms with Crippen LogP contribution in [0.1, 0.15) is 11.1 Å². The molecule has 2 aromatic carbocycles. The molecule has 0 amide bonds. The summed E-state index contributed by atoms with van der Waals surface area (Å²) in [6.45, 7) is 1.85. The third kappa shape index (κ3) is 3.89. The lowest BCUT2D eigenvalue weighted by Crippen LogP contribution is -2.23. The fraction of sp³-hybridized carbons (Fsp3) is 0.143. The van der Waals surface area contributed by atoms with E-state index in [4.69, 9.17) is 28.9 Å². The van der Waals surface area contributed by atoms with Crippen molar-refractivity contribution in [2.45, 2.75) is 18.4 Å². The minimum atomic E-state index is -3.66. The second-order valence-electron chi connectivity index (χ2n) is 4.60. The number of hydrogen-bond acceptors (Lipinski definition) is 3. The van der Waals surface area contributed by atoms with Crippen molar-refractivity contribution in [2.24, 2.45) is 0 Å². The highest BCUT2D eigenvalue weighted by atomic mass is 35.5. The smallest absolute Gasteiger partial charge is 0.240 e. The lowest BCUT2D eigenvalue weighted by Gasteiger charge is -2.10. The van der Waals surface area contributed by atoms with Crippen molar-refractivity contribution >= 4 is 38.9 Å². The van der Waals surface area contributed by atoms with Gasteiger partial charge in [0.25, 0.3) is 0 Å². The molecule has 21 heavy (non-hydrogen) atoms. The molecule has 0 fully saturated rings. The molecule has 112 valence electrons. The van der Waals surface area contributed by atoms with Crippen LogP contribution in [0.25, 0.3) is 0 Å². The Kier molecular flexibility index (Phi) is 4.78. The average Bonchev–Trinajstić information content (AvgIpc) is 2.42. The van der Waals surface area contributed by atoms with Gasteiger partial charge >= 0.3 is 0 Å². The summed E-state index contributed by atoms with van der Waals surface area (Å²) >= 11 is 11.8. The Morgan fingerprint density at radius 1 is 1.19 bits per heavy atom. The van der Waals surface area contributed by atoms with Crippen molar-refractivity contribution in [3.8, 4) is 0 Å². The van der Waals surface area contributed by atoms with Crippen LogP contribution in [0.3, 0.4) is 0 Å². The van der Waals surface area contributed by atoms with Crippen LogP contribution in [0.5, 0.6) is 0 Å². The number of halogens is 2. The normalized spacial score (nSPS) is 11.6. The molecule has 2 rings (SSSR count). The predicted molar refractivity (Wildman–Crippen MR) is 86.1 cm³/mol. The molecule has 7 heteroatoms. The van der Waals surface area contributed by atoms with Gasteiger partial charge in [-0.05, 0) is 42.3 Å². The lowest BCUT2D eigenvalue weighted by molar-refractivity contribution is 0.581. The maximum atomic E-state index is 12.3. The van der Waals surface area contributed by atoms with Crippen molar-refractivity contribution in [2.75, 3.05) is 5.73 Å². The first kappa shape index (κ1) is 16.1. The van der Waals surface area contributed by atoms with Crippen molar-refractivity contribution in [3.63, 3.8) is 0 Å². The summed E-state index contributed by atoms with van der Waals surface area (Å²) in [6, 6.07) is 9.80. The third-order valence-corrected chi connectivity index (χ3v) is 5.05. The fourth-order valence-electron chi connectivity index (χ4n) is 1.83. The molecule has 0 spiro atoms. The molecule has 0 atom stereocenters. The number of rotatable bonds is 4. The van der Waals surface area contributed by atoms with Gasteiger partial charge in [-0.25, -0.2) is 13.1 Å². The molecule has 0 bridgehead atoms. The molecule has 0 saturated heterocycles. The van der Waals surface area contributed by atoms with Gasteiger partial charge in [0.1, 0.15) is 0 Å². The van der Waals surface area contributed by atoms with E-state index in [0.717, 1.165) is 5.56 Å². The summed E-state index contributed by atoms with van der Waals surface area (Å²) in [5.74, 6) is 0. The van der Waals surface area contributed by atoms with E-state index in [2.05, 4.69) is 4.72 Å². The second-order valence-corrected chi connectivity index (χ2v) is 7.18. The molecular weight excluding hydrogens is 331 g/mol. The highest BCUT2D eigenvalue weighted by Gasteiger charge is 2.16. The Hall–Kier alpha value is -1.27. The first-order valence-electron chi connectivity index (χ1n) is 6.09. The van der Waals surface area contributed by atoms with Crippen LogP contribution in [0.2, 0.25) is 10.0 Å². The van der Waals surface area contributed by atoms with Crippen LogP contribution in [0, 0.1) is 6.92 Å². The van der Waals surface area contributed by atoms with Gasteiger partial charge in [-0.15, -0.1) is 0 Å². The van der Waals surface area contributed by atoms with Crippen LogP contribution >= 0.6 is 23.2 Å². The molecule has 4 nitrogen and oxygen atoms in total. The Balaban J connectivity index is 2.23. The maximum Gasteiger partial charge on any atom is 0.240 e. The number of hydrogen-bond donors (Lipinski definition) is 2. The monoisotopic (exact) mass is 344 g/mol. The van der Waals surface area contributed by atoms with Gasteiger partial charge in [0, 0.05) is 11.6 Å². The number of anilines is 1. The molecule has 3 N–H and O–H groups in total. The largest absolute Gasteiger partial charge is 0.397 e. The number of nitrogens with one attached hydrogen (secondary N) is 1. The van der Waals surface area contributed by atoms with Gasteiger partial charge in [0.05, 0.1) is 15.6 Å². The Morgan fingerprint density at radius 2 is 1.90 bits per heavy atom. The first-order valence-corrected chi connectivity index (χ1v) is 8.33. The summed E-state index contributed by atoms with van der Waals surface area (Å²) in [4.78, 5) is 0.0870. The van der Waals surface area contributed by atoms with E-state index in [0.29, 0.717) is 15.6 Å². The van der Waals surface area contributed by atoms with Gasteiger partial charge in [0.2, 0.25) is 10.0 Å². The molecule has 0 aliphatic carbocycles. The van der Waals surface area contributed by atoms with Gasteiger partial charge in [0.15, 0.2) is 0 Å². The standard InChI is InChI=1S/C14H14Cl2N2O2S/c1-9-5-12(7-13(17)14(9)16)21(19,20)18-8-10-3-2-4-11(15)6-10/h2-7,18H,8,17H2,1H3. The summed E-state index contributed by atoms with van der Waals surface area (Å²) in [7, 11) is -3.66.